The summed E-state index contributed by atoms with van der Waals surface area (Å²) >= 11 is 0. The highest BCUT2D eigenvalue weighted by Crippen LogP contribution is 2.20. The van der Waals surface area contributed by atoms with Gasteiger partial charge in [0.05, 0.1) is 0 Å². The van der Waals surface area contributed by atoms with Gasteiger partial charge >= 0.3 is 0 Å². The Morgan fingerprint density at radius 3 is 2.58 bits per heavy atom. The van der Waals surface area contributed by atoms with Crippen LogP contribution in [0.5, 0.6) is 0 Å². The fourth-order valence-corrected chi connectivity index (χ4v) is 2.53. The molecular weight excluding hydrogens is 236 g/mol. The van der Waals surface area contributed by atoms with Crippen LogP contribution in [0, 0.1) is 6.92 Å². The lowest BCUT2D eigenvalue weighted by atomic mass is 10.0. The molecule has 1 aliphatic heterocycles. The van der Waals surface area contributed by atoms with Crippen molar-refractivity contribution in [3.05, 3.63) is 23.4 Å². The van der Waals surface area contributed by atoms with Gasteiger partial charge in [-0.1, -0.05) is 13.0 Å². The number of piperazine rings is 1. The summed E-state index contributed by atoms with van der Waals surface area (Å²) < 4.78 is 0. The standard InChI is InChI=1S/C15H26N4/c1-4-14(16)10-13-9-12(2)15(17-11-13)19-7-5-18(3)6-8-19/h9,11,14H,4-8,10,16H2,1-3H3. The van der Waals surface area contributed by atoms with Gasteiger partial charge in [0.15, 0.2) is 0 Å². The van der Waals surface area contributed by atoms with Gasteiger partial charge in [0.25, 0.3) is 0 Å². The minimum absolute atomic E-state index is 0.246. The van der Waals surface area contributed by atoms with Gasteiger partial charge in [-0.3, -0.25) is 0 Å². The summed E-state index contributed by atoms with van der Waals surface area (Å²) in [6.45, 7) is 8.65. The van der Waals surface area contributed by atoms with Gasteiger partial charge in [0.1, 0.15) is 5.82 Å². The first-order chi connectivity index (χ1) is 9.10. The summed E-state index contributed by atoms with van der Waals surface area (Å²) in [6, 6.07) is 2.49. The number of nitrogens with zero attached hydrogens (tertiary/aromatic N) is 3. The van der Waals surface area contributed by atoms with Crippen LogP contribution in [0.3, 0.4) is 0 Å². The van der Waals surface area contributed by atoms with E-state index in [1.54, 1.807) is 0 Å². The number of likely N-dealkylation sites (N-methyl/N-ethyl adjacent to an activating group) is 1. The summed E-state index contributed by atoms with van der Waals surface area (Å²) in [5.41, 5.74) is 8.53. The first kappa shape index (κ1) is 14.3. The van der Waals surface area contributed by atoms with Crippen molar-refractivity contribution in [2.24, 2.45) is 5.73 Å². The molecule has 2 rings (SSSR count). The van der Waals surface area contributed by atoms with Crippen molar-refractivity contribution in [2.45, 2.75) is 32.7 Å². The van der Waals surface area contributed by atoms with E-state index in [1.165, 1.54) is 11.1 Å². The van der Waals surface area contributed by atoms with E-state index in [4.69, 9.17) is 5.73 Å². The molecule has 2 N–H and O–H groups in total. The average Bonchev–Trinajstić information content (AvgIpc) is 2.40. The van der Waals surface area contributed by atoms with Crippen LogP contribution in [0.1, 0.15) is 24.5 Å². The average molecular weight is 262 g/mol. The Balaban J connectivity index is 2.06. The van der Waals surface area contributed by atoms with E-state index < -0.39 is 0 Å². The van der Waals surface area contributed by atoms with Crippen molar-refractivity contribution in [2.75, 3.05) is 38.1 Å². The molecule has 0 aliphatic carbocycles. The van der Waals surface area contributed by atoms with Gasteiger partial charge in [-0.15, -0.1) is 0 Å². The number of hydrogen-bond donors (Lipinski definition) is 1. The van der Waals surface area contributed by atoms with Crippen LogP contribution in [0.4, 0.5) is 5.82 Å². The molecule has 19 heavy (non-hydrogen) atoms. The van der Waals surface area contributed by atoms with E-state index in [-0.39, 0.29) is 6.04 Å². The molecule has 0 amide bonds. The van der Waals surface area contributed by atoms with Crippen molar-refractivity contribution in [1.29, 1.82) is 0 Å². The Morgan fingerprint density at radius 1 is 1.32 bits per heavy atom. The largest absolute Gasteiger partial charge is 0.354 e. The maximum absolute atomic E-state index is 6.01. The number of hydrogen-bond acceptors (Lipinski definition) is 4. The van der Waals surface area contributed by atoms with Gasteiger partial charge in [0.2, 0.25) is 0 Å². The second-order valence-electron chi connectivity index (χ2n) is 5.65. The maximum Gasteiger partial charge on any atom is 0.131 e. The topological polar surface area (TPSA) is 45.4 Å². The Bertz CT molecular complexity index is 411. The highest BCUT2D eigenvalue weighted by molar-refractivity contribution is 5.47. The predicted molar refractivity (Wildman–Crippen MR) is 80.7 cm³/mol. The molecule has 0 radical (unpaired) electrons. The highest BCUT2D eigenvalue weighted by Gasteiger charge is 2.17. The molecular formula is C15H26N4. The molecule has 4 heteroatoms. The van der Waals surface area contributed by atoms with Crippen LogP contribution >= 0.6 is 0 Å². The second kappa shape index (κ2) is 6.35. The number of aromatic nitrogens is 1. The maximum atomic E-state index is 6.01. The van der Waals surface area contributed by atoms with Crippen LogP contribution in [0.2, 0.25) is 0 Å². The highest BCUT2D eigenvalue weighted by atomic mass is 15.3. The SMILES string of the molecule is CCC(N)Cc1cnc(N2CCN(C)CC2)c(C)c1. The zero-order valence-electron chi connectivity index (χ0n) is 12.4. The number of aryl methyl sites for hydroxylation is 1. The van der Waals surface area contributed by atoms with Crippen molar-refractivity contribution in [3.63, 3.8) is 0 Å². The smallest absolute Gasteiger partial charge is 0.131 e. The molecule has 106 valence electrons. The zero-order valence-corrected chi connectivity index (χ0v) is 12.4. The lowest BCUT2D eigenvalue weighted by Crippen LogP contribution is -2.45. The molecule has 0 bridgehead atoms. The number of pyridine rings is 1. The van der Waals surface area contributed by atoms with Crippen molar-refractivity contribution < 1.29 is 0 Å². The minimum atomic E-state index is 0.246. The second-order valence-corrected chi connectivity index (χ2v) is 5.65. The Morgan fingerprint density at radius 2 is 2.00 bits per heavy atom. The fraction of sp³-hybridized carbons (Fsp3) is 0.667. The van der Waals surface area contributed by atoms with Crippen LogP contribution in [-0.2, 0) is 6.42 Å². The van der Waals surface area contributed by atoms with Gasteiger partial charge in [-0.05, 0) is 37.9 Å². The number of rotatable bonds is 4. The first-order valence-corrected chi connectivity index (χ1v) is 7.24. The Labute approximate surface area is 116 Å². The third-order valence-corrected chi connectivity index (χ3v) is 3.93. The fourth-order valence-electron chi connectivity index (χ4n) is 2.53. The molecule has 1 atom stereocenters. The summed E-state index contributed by atoms with van der Waals surface area (Å²) in [4.78, 5) is 9.42. The predicted octanol–water partition coefficient (Wildman–Crippen LogP) is 1.42. The molecule has 1 aromatic heterocycles. The monoisotopic (exact) mass is 262 g/mol. The Hall–Kier alpha value is -1.13. The van der Waals surface area contributed by atoms with Crippen molar-refractivity contribution >= 4 is 5.82 Å². The molecule has 4 nitrogen and oxygen atoms in total. The van der Waals surface area contributed by atoms with Gasteiger partial charge in [-0.2, -0.15) is 0 Å². The molecule has 1 fully saturated rings. The third-order valence-electron chi connectivity index (χ3n) is 3.93. The number of anilines is 1. The van der Waals surface area contributed by atoms with Gasteiger partial charge in [-0.25, -0.2) is 4.98 Å². The summed E-state index contributed by atoms with van der Waals surface area (Å²) in [5.74, 6) is 1.14. The molecule has 1 aromatic rings. The van der Waals surface area contributed by atoms with E-state index in [0.29, 0.717) is 0 Å². The van der Waals surface area contributed by atoms with Crippen LogP contribution in [0.15, 0.2) is 12.3 Å². The number of nitrogens with two attached hydrogens (primary N) is 1. The first-order valence-electron chi connectivity index (χ1n) is 7.24. The summed E-state index contributed by atoms with van der Waals surface area (Å²) in [7, 11) is 2.17. The molecule has 0 spiro atoms. The molecule has 1 saturated heterocycles. The van der Waals surface area contributed by atoms with Crippen LogP contribution in [-0.4, -0.2) is 49.2 Å². The molecule has 0 saturated carbocycles. The lowest BCUT2D eigenvalue weighted by molar-refractivity contribution is 0.312. The normalized spacial score (nSPS) is 18.6. The van der Waals surface area contributed by atoms with Gasteiger partial charge in [0, 0.05) is 38.4 Å². The van der Waals surface area contributed by atoms with E-state index in [2.05, 4.69) is 41.7 Å². The minimum Gasteiger partial charge on any atom is -0.354 e. The molecule has 1 aliphatic rings. The van der Waals surface area contributed by atoms with Crippen LogP contribution in [0.25, 0.3) is 0 Å². The summed E-state index contributed by atoms with van der Waals surface area (Å²) in [6.07, 6.45) is 3.93. The Kier molecular flexibility index (Phi) is 4.77. The van der Waals surface area contributed by atoms with E-state index in [9.17, 15) is 0 Å². The van der Waals surface area contributed by atoms with Gasteiger partial charge < -0.3 is 15.5 Å². The van der Waals surface area contributed by atoms with E-state index in [1.807, 2.05) is 6.20 Å². The zero-order chi connectivity index (χ0) is 13.8. The molecule has 2 heterocycles. The van der Waals surface area contributed by atoms with Crippen LogP contribution < -0.4 is 10.6 Å². The van der Waals surface area contributed by atoms with Crippen molar-refractivity contribution in [1.82, 2.24) is 9.88 Å². The molecule has 1 unspecified atom stereocenters. The van der Waals surface area contributed by atoms with E-state index >= 15 is 0 Å². The molecule has 0 aromatic carbocycles. The third kappa shape index (κ3) is 3.67. The summed E-state index contributed by atoms with van der Waals surface area (Å²) in [5, 5.41) is 0. The van der Waals surface area contributed by atoms with Crippen molar-refractivity contribution in [3.8, 4) is 0 Å². The quantitative estimate of drug-likeness (QED) is 0.891. The van der Waals surface area contributed by atoms with E-state index in [0.717, 1.165) is 44.8 Å². The lowest BCUT2D eigenvalue weighted by Gasteiger charge is -2.34.